The van der Waals surface area contributed by atoms with E-state index in [4.69, 9.17) is 5.73 Å². The Morgan fingerprint density at radius 1 is 1.32 bits per heavy atom. The molecule has 2 N–H and O–H groups in total. The van der Waals surface area contributed by atoms with Gasteiger partial charge in [-0.2, -0.15) is 0 Å². The fourth-order valence-corrected chi connectivity index (χ4v) is 2.24. The smallest absolute Gasteiger partial charge is 0.227 e. The van der Waals surface area contributed by atoms with Gasteiger partial charge in [0.05, 0.1) is 12.0 Å². The fourth-order valence-electron chi connectivity index (χ4n) is 2.24. The molecule has 2 unspecified atom stereocenters. The molecule has 0 radical (unpaired) electrons. The summed E-state index contributed by atoms with van der Waals surface area (Å²) in [7, 11) is 1.87. The first-order valence-electron chi connectivity index (χ1n) is 7.04. The minimum Gasteiger partial charge on any atom is -0.339 e. The van der Waals surface area contributed by atoms with Crippen LogP contribution in [0.4, 0.5) is 0 Å². The first kappa shape index (κ1) is 15.7. The molecule has 1 aromatic rings. The molecule has 0 spiro atoms. The van der Waals surface area contributed by atoms with E-state index >= 15 is 0 Å². The molecule has 0 bridgehead atoms. The van der Waals surface area contributed by atoms with Crippen molar-refractivity contribution in [1.29, 1.82) is 0 Å². The molecule has 2 atom stereocenters. The number of nitrogens with two attached hydrogens (primary N) is 1. The van der Waals surface area contributed by atoms with Crippen LogP contribution in [0.25, 0.3) is 0 Å². The first-order valence-corrected chi connectivity index (χ1v) is 7.04. The second-order valence-corrected chi connectivity index (χ2v) is 5.26. The Labute approximate surface area is 116 Å². The highest BCUT2D eigenvalue weighted by molar-refractivity contribution is 5.79. The van der Waals surface area contributed by atoms with Crippen LogP contribution in [0.2, 0.25) is 0 Å². The van der Waals surface area contributed by atoms with Gasteiger partial charge in [0.1, 0.15) is 0 Å². The van der Waals surface area contributed by atoms with Crippen molar-refractivity contribution in [2.24, 2.45) is 11.7 Å². The highest BCUT2D eigenvalue weighted by Crippen LogP contribution is 2.21. The number of carbonyl (C=O) groups excluding carboxylic acids is 1. The Morgan fingerprint density at radius 3 is 2.37 bits per heavy atom. The molecule has 106 valence electrons. The van der Waals surface area contributed by atoms with Crippen molar-refractivity contribution in [2.75, 3.05) is 13.6 Å². The topological polar surface area (TPSA) is 46.3 Å². The maximum atomic E-state index is 12.4. The third kappa shape index (κ3) is 4.06. The van der Waals surface area contributed by atoms with Crippen molar-refractivity contribution >= 4 is 5.91 Å². The zero-order valence-corrected chi connectivity index (χ0v) is 12.5. The molecular weight excluding hydrogens is 236 g/mol. The molecule has 3 heteroatoms. The number of hydrogen-bond donors (Lipinski definition) is 1. The molecule has 0 heterocycles. The van der Waals surface area contributed by atoms with Gasteiger partial charge < -0.3 is 10.6 Å². The van der Waals surface area contributed by atoms with Crippen LogP contribution in [0.5, 0.6) is 0 Å². The SMILES string of the molecule is CCCC(CN)C(=O)N(C)C(C)c1ccc(C)cc1. The fraction of sp³-hybridized carbons (Fsp3) is 0.562. The molecule has 0 saturated heterocycles. The van der Waals surface area contributed by atoms with Crippen LogP contribution in [0.3, 0.4) is 0 Å². The zero-order valence-electron chi connectivity index (χ0n) is 12.5. The summed E-state index contributed by atoms with van der Waals surface area (Å²) in [6.45, 7) is 6.63. The van der Waals surface area contributed by atoms with Crippen LogP contribution >= 0.6 is 0 Å². The van der Waals surface area contributed by atoms with Crippen molar-refractivity contribution in [1.82, 2.24) is 4.90 Å². The summed E-state index contributed by atoms with van der Waals surface area (Å²) < 4.78 is 0. The maximum Gasteiger partial charge on any atom is 0.227 e. The molecule has 0 aliphatic rings. The van der Waals surface area contributed by atoms with Crippen molar-refractivity contribution in [2.45, 2.75) is 39.7 Å². The summed E-state index contributed by atoms with van der Waals surface area (Å²) in [6.07, 6.45) is 1.85. The van der Waals surface area contributed by atoms with Crippen LogP contribution in [-0.4, -0.2) is 24.4 Å². The summed E-state index contributed by atoms with van der Waals surface area (Å²) in [5.41, 5.74) is 8.10. The van der Waals surface area contributed by atoms with Crippen molar-refractivity contribution in [3.63, 3.8) is 0 Å². The molecule has 0 fully saturated rings. The van der Waals surface area contributed by atoms with Gasteiger partial charge in [-0.05, 0) is 25.8 Å². The lowest BCUT2D eigenvalue weighted by atomic mass is 9.99. The molecule has 1 aromatic carbocycles. The van der Waals surface area contributed by atoms with Gasteiger partial charge in [0.2, 0.25) is 5.91 Å². The number of hydrogen-bond acceptors (Lipinski definition) is 2. The van der Waals surface area contributed by atoms with Gasteiger partial charge in [0.15, 0.2) is 0 Å². The standard InChI is InChI=1S/C16H26N2O/c1-5-6-15(11-17)16(19)18(4)13(3)14-9-7-12(2)8-10-14/h7-10,13,15H,5-6,11,17H2,1-4H3. The second kappa shape index (κ2) is 7.29. The molecule has 0 saturated carbocycles. The van der Waals surface area contributed by atoms with Crippen molar-refractivity contribution < 1.29 is 4.79 Å². The molecule has 1 amide bonds. The highest BCUT2D eigenvalue weighted by Gasteiger charge is 2.23. The molecule has 0 aromatic heterocycles. The van der Waals surface area contributed by atoms with E-state index in [0.717, 1.165) is 18.4 Å². The van der Waals surface area contributed by atoms with E-state index in [2.05, 4.69) is 45.0 Å². The minimum absolute atomic E-state index is 0.0529. The van der Waals surface area contributed by atoms with Crippen LogP contribution in [0.1, 0.15) is 43.9 Å². The lowest BCUT2D eigenvalue weighted by Crippen LogP contribution is -2.38. The third-order valence-corrected chi connectivity index (χ3v) is 3.76. The van der Waals surface area contributed by atoms with E-state index in [1.165, 1.54) is 5.56 Å². The van der Waals surface area contributed by atoms with Crippen molar-refractivity contribution in [3.05, 3.63) is 35.4 Å². The molecule has 1 rings (SSSR count). The molecular formula is C16H26N2O. The van der Waals surface area contributed by atoms with E-state index in [0.29, 0.717) is 6.54 Å². The Morgan fingerprint density at radius 2 is 1.89 bits per heavy atom. The van der Waals surface area contributed by atoms with Gasteiger partial charge in [-0.25, -0.2) is 0 Å². The summed E-state index contributed by atoms with van der Waals surface area (Å²) in [5.74, 6) is 0.0975. The highest BCUT2D eigenvalue weighted by atomic mass is 16.2. The number of benzene rings is 1. The van der Waals surface area contributed by atoms with Crippen LogP contribution in [0, 0.1) is 12.8 Å². The number of carbonyl (C=O) groups is 1. The average Bonchev–Trinajstić information content (AvgIpc) is 2.43. The van der Waals surface area contributed by atoms with Crippen LogP contribution in [-0.2, 0) is 4.79 Å². The molecule has 0 aliphatic heterocycles. The van der Waals surface area contributed by atoms with Crippen molar-refractivity contribution in [3.8, 4) is 0 Å². The molecule has 0 aliphatic carbocycles. The Bertz CT molecular complexity index is 400. The maximum absolute atomic E-state index is 12.4. The predicted molar refractivity (Wildman–Crippen MR) is 79.8 cm³/mol. The third-order valence-electron chi connectivity index (χ3n) is 3.76. The summed E-state index contributed by atoms with van der Waals surface area (Å²) in [4.78, 5) is 14.2. The molecule has 19 heavy (non-hydrogen) atoms. The van der Waals surface area contributed by atoms with Gasteiger partial charge in [0, 0.05) is 13.6 Å². The molecule has 3 nitrogen and oxygen atoms in total. The Balaban J connectivity index is 2.77. The first-order chi connectivity index (χ1) is 9.01. The normalized spacial score (nSPS) is 13.9. The largest absolute Gasteiger partial charge is 0.339 e. The van der Waals surface area contributed by atoms with Gasteiger partial charge in [-0.15, -0.1) is 0 Å². The predicted octanol–water partition coefficient (Wildman–Crippen LogP) is 2.89. The lowest BCUT2D eigenvalue weighted by Gasteiger charge is -2.29. The van der Waals surface area contributed by atoms with Gasteiger partial charge in [-0.3, -0.25) is 4.79 Å². The average molecular weight is 262 g/mol. The quantitative estimate of drug-likeness (QED) is 0.857. The van der Waals surface area contributed by atoms with Crippen LogP contribution < -0.4 is 5.73 Å². The number of rotatable bonds is 6. The summed E-state index contributed by atoms with van der Waals surface area (Å²) in [5, 5.41) is 0. The van der Waals surface area contributed by atoms with E-state index in [9.17, 15) is 4.79 Å². The summed E-state index contributed by atoms with van der Waals surface area (Å²) in [6, 6.07) is 8.41. The van der Waals surface area contributed by atoms with Gasteiger partial charge in [-0.1, -0.05) is 43.2 Å². The minimum atomic E-state index is -0.0529. The summed E-state index contributed by atoms with van der Waals surface area (Å²) >= 11 is 0. The monoisotopic (exact) mass is 262 g/mol. The lowest BCUT2D eigenvalue weighted by molar-refractivity contribution is -0.136. The Hall–Kier alpha value is -1.35. The van der Waals surface area contributed by atoms with Gasteiger partial charge in [0.25, 0.3) is 0 Å². The van der Waals surface area contributed by atoms with E-state index in [1.54, 1.807) is 0 Å². The number of amides is 1. The Kier molecular flexibility index (Phi) is 6.03. The van der Waals surface area contributed by atoms with E-state index in [-0.39, 0.29) is 17.9 Å². The van der Waals surface area contributed by atoms with Gasteiger partial charge >= 0.3 is 0 Å². The number of nitrogens with zero attached hydrogens (tertiary/aromatic N) is 1. The van der Waals surface area contributed by atoms with Crippen LogP contribution in [0.15, 0.2) is 24.3 Å². The van der Waals surface area contributed by atoms with E-state index < -0.39 is 0 Å². The second-order valence-electron chi connectivity index (χ2n) is 5.26. The van der Waals surface area contributed by atoms with E-state index in [1.807, 2.05) is 11.9 Å². The zero-order chi connectivity index (χ0) is 14.4. The number of aryl methyl sites for hydroxylation is 1.